The fraction of sp³-hybridized carbons (Fsp3) is 0.278. The third-order valence-corrected chi connectivity index (χ3v) is 4.46. The van der Waals surface area contributed by atoms with Gasteiger partial charge in [0.25, 0.3) is 11.6 Å². The molecule has 1 amide bonds. The lowest BCUT2D eigenvalue weighted by Crippen LogP contribution is -2.18. The second kappa shape index (κ2) is 6.80. The van der Waals surface area contributed by atoms with Crippen LogP contribution >= 0.6 is 0 Å². The zero-order valence-corrected chi connectivity index (χ0v) is 14.0. The molecule has 0 aromatic heterocycles. The number of carbonyl (C=O) groups is 1. The smallest absolute Gasteiger partial charge is 0.293 e. The van der Waals surface area contributed by atoms with Crippen LogP contribution in [0.5, 0.6) is 5.75 Å². The highest BCUT2D eigenvalue weighted by molar-refractivity contribution is 5.95. The van der Waals surface area contributed by atoms with E-state index in [4.69, 9.17) is 4.74 Å². The molecule has 3 rings (SSSR count). The average Bonchev–Trinajstić information content (AvgIpc) is 3.04. The van der Waals surface area contributed by atoms with Crippen LogP contribution < -0.4 is 15.4 Å². The molecule has 7 nitrogen and oxygen atoms in total. The Morgan fingerprint density at radius 2 is 2.12 bits per heavy atom. The van der Waals surface area contributed by atoms with Gasteiger partial charge >= 0.3 is 0 Å². The van der Waals surface area contributed by atoms with Crippen LogP contribution in [0.1, 0.15) is 33.9 Å². The molecule has 0 aliphatic heterocycles. The van der Waals surface area contributed by atoms with Crippen molar-refractivity contribution in [2.75, 3.05) is 19.5 Å². The van der Waals surface area contributed by atoms with Crippen molar-refractivity contribution < 1.29 is 14.5 Å². The van der Waals surface area contributed by atoms with Crippen molar-refractivity contribution in [3.05, 3.63) is 63.2 Å². The van der Waals surface area contributed by atoms with Gasteiger partial charge in [0.15, 0.2) is 0 Å². The van der Waals surface area contributed by atoms with Crippen LogP contribution in [0.3, 0.4) is 0 Å². The van der Waals surface area contributed by atoms with Crippen LogP contribution in [-0.4, -0.2) is 25.0 Å². The van der Waals surface area contributed by atoms with Gasteiger partial charge in [-0.3, -0.25) is 14.9 Å². The Hall–Kier alpha value is -3.09. The van der Waals surface area contributed by atoms with Crippen LogP contribution in [-0.2, 0) is 6.42 Å². The Balaban J connectivity index is 1.92. The zero-order valence-electron chi connectivity index (χ0n) is 14.0. The fourth-order valence-electron chi connectivity index (χ4n) is 3.24. The van der Waals surface area contributed by atoms with E-state index in [9.17, 15) is 14.9 Å². The van der Waals surface area contributed by atoms with E-state index in [1.165, 1.54) is 13.1 Å². The number of nitrogens with zero attached hydrogens (tertiary/aromatic N) is 1. The third kappa shape index (κ3) is 3.13. The molecule has 1 aliphatic rings. The summed E-state index contributed by atoms with van der Waals surface area (Å²) >= 11 is 0. The van der Waals surface area contributed by atoms with Crippen molar-refractivity contribution in [2.24, 2.45) is 0 Å². The third-order valence-electron chi connectivity index (χ3n) is 4.46. The SMILES string of the molecule is CNC(=O)c1ccc(NC2CCc3c(OC)cccc32)c([N+](=O)[O-])c1. The fourth-order valence-corrected chi connectivity index (χ4v) is 3.24. The number of nitrogens with one attached hydrogen (secondary N) is 2. The number of fused-ring (bicyclic) bond motifs is 1. The summed E-state index contributed by atoms with van der Waals surface area (Å²) in [7, 11) is 3.13. The topological polar surface area (TPSA) is 93.5 Å². The molecule has 0 saturated carbocycles. The molecule has 2 aromatic rings. The number of nitro groups is 1. The summed E-state index contributed by atoms with van der Waals surface area (Å²) in [4.78, 5) is 22.7. The number of methoxy groups -OCH3 is 1. The summed E-state index contributed by atoms with van der Waals surface area (Å²) in [6.45, 7) is 0. The molecule has 130 valence electrons. The van der Waals surface area contributed by atoms with Crippen LogP contribution in [0, 0.1) is 10.1 Å². The predicted molar refractivity (Wildman–Crippen MR) is 94.2 cm³/mol. The van der Waals surface area contributed by atoms with E-state index in [1.54, 1.807) is 19.2 Å². The molecule has 0 saturated heterocycles. The number of carbonyl (C=O) groups excluding carboxylic acids is 1. The number of hydrogen-bond donors (Lipinski definition) is 2. The van der Waals surface area contributed by atoms with E-state index in [1.807, 2.05) is 18.2 Å². The lowest BCUT2D eigenvalue weighted by atomic mass is 10.1. The first kappa shape index (κ1) is 16.8. The maximum absolute atomic E-state index is 11.7. The maximum Gasteiger partial charge on any atom is 0.293 e. The van der Waals surface area contributed by atoms with Crippen molar-refractivity contribution in [3.8, 4) is 5.75 Å². The molecular formula is C18H19N3O4. The monoisotopic (exact) mass is 341 g/mol. The number of rotatable bonds is 5. The average molecular weight is 341 g/mol. The Bertz CT molecular complexity index is 835. The lowest BCUT2D eigenvalue weighted by Gasteiger charge is -2.16. The first-order valence-electron chi connectivity index (χ1n) is 7.98. The number of benzene rings is 2. The maximum atomic E-state index is 11.7. The van der Waals surface area contributed by atoms with Gasteiger partial charge in [0.2, 0.25) is 0 Å². The molecule has 1 unspecified atom stereocenters. The van der Waals surface area contributed by atoms with Gasteiger partial charge in [-0.15, -0.1) is 0 Å². The van der Waals surface area contributed by atoms with Crippen molar-refractivity contribution in [1.29, 1.82) is 0 Å². The van der Waals surface area contributed by atoms with Gasteiger partial charge in [0.05, 0.1) is 18.1 Å². The van der Waals surface area contributed by atoms with Crippen molar-refractivity contribution in [2.45, 2.75) is 18.9 Å². The van der Waals surface area contributed by atoms with Crippen LogP contribution in [0.4, 0.5) is 11.4 Å². The van der Waals surface area contributed by atoms with Gasteiger partial charge in [-0.05, 0) is 42.2 Å². The van der Waals surface area contributed by atoms with Crippen LogP contribution in [0.2, 0.25) is 0 Å². The minimum atomic E-state index is -0.476. The first-order chi connectivity index (χ1) is 12.0. The van der Waals surface area contributed by atoms with E-state index >= 15 is 0 Å². The predicted octanol–water partition coefficient (Wildman–Crippen LogP) is 3.06. The molecule has 2 N–H and O–H groups in total. The summed E-state index contributed by atoms with van der Waals surface area (Å²) in [6.07, 6.45) is 1.67. The second-order valence-corrected chi connectivity index (χ2v) is 5.83. The van der Waals surface area contributed by atoms with Gasteiger partial charge in [-0.2, -0.15) is 0 Å². The highest BCUT2D eigenvalue weighted by Crippen LogP contribution is 2.40. The molecule has 1 atom stereocenters. The molecular weight excluding hydrogens is 322 g/mol. The number of amides is 1. The highest BCUT2D eigenvalue weighted by Gasteiger charge is 2.27. The van der Waals surface area contributed by atoms with Crippen molar-refractivity contribution in [1.82, 2.24) is 5.32 Å². The number of anilines is 1. The molecule has 25 heavy (non-hydrogen) atoms. The quantitative estimate of drug-likeness (QED) is 0.644. The van der Waals surface area contributed by atoms with E-state index < -0.39 is 4.92 Å². The van der Waals surface area contributed by atoms with Gasteiger partial charge in [0.1, 0.15) is 11.4 Å². The van der Waals surface area contributed by atoms with Crippen molar-refractivity contribution >= 4 is 17.3 Å². The standard InChI is InChI=1S/C18H19N3O4/c1-19-18(22)11-6-8-15(16(10-11)21(23)24)20-14-9-7-13-12(14)4-3-5-17(13)25-2/h3-6,8,10,14,20H,7,9H2,1-2H3,(H,19,22). The van der Waals surface area contributed by atoms with Gasteiger partial charge < -0.3 is 15.4 Å². The van der Waals surface area contributed by atoms with E-state index in [-0.39, 0.29) is 23.2 Å². The molecule has 0 bridgehead atoms. The largest absolute Gasteiger partial charge is 0.496 e. The molecule has 0 heterocycles. The minimum absolute atomic E-state index is 0.0327. The van der Waals surface area contributed by atoms with E-state index in [2.05, 4.69) is 10.6 Å². The molecule has 1 aliphatic carbocycles. The molecule has 2 aromatic carbocycles. The van der Waals surface area contributed by atoms with E-state index in [0.29, 0.717) is 5.69 Å². The summed E-state index contributed by atoms with van der Waals surface area (Å²) < 4.78 is 5.39. The summed E-state index contributed by atoms with van der Waals surface area (Å²) in [5.41, 5.74) is 2.76. The highest BCUT2D eigenvalue weighted by atomic mass is 16.6. The van der Waals surface area contributed by atoms with Crippen LogP contribution in [0.25, 0.3) is 0 Å². The summed E-state index contributed by atoms with van der Waals surface area (Å²) in [5.74, 6) is 0.483. The van der Waals surface area contributed by atoms with Gasteiger partial charge in [-0.25, -0.2) is 0 Å². The van der Waals surface area contributed by atoms with Gasteiger partial charge in [0, 0.05) is 18.7 Å². The number of ether oxygens (including phenoxy) is 1. The lowest BCUT2D eigenvalue weighted by molar-refractivity contribution is -0.384. The normalized spacial score (nSPS) is 15.4. The molecule has 0 radical (unpaired) electrons. The minimum Gasteiger partial charge on any atom is -0.496 e. The van der Waals surface area contributed by atoms with Crippen molar-refractivity contribution in [3.63, 3.8) is 0 Å². The Kier molecular flexibility index (Phi) is 4.56. The molecule has 7 heteroatoms. The number of hydrogen-bond acceptors (Lipinski definition) is 5. The molecule has 0 spiro atoms. The Morgan fingerprint density at radius 1 is 1.32 bits per heavy atom. The summed E-state index contributed by atoms with van der Waals surface area (Å²) in [6, 6.07) is 10.3. The number of nitro benzene ring substituents is 1. The van der Waals surface area contributed by atoms with E-state index in [0.717, 1.165) is 29.7 Å². The Morgan fingerprint density at radius 3 is 2.80 bits per heavy atom. The van der Waals surface area contributed by atoms with Crippen LogP contribution in [0.15, 0.2) is 36.4 Å². The second-order valence-electron chi connectivity index (χ2n) is 5.83. The first-order valence-corrected chi connectivity index (χ1v) is 7.98. The van der Waals surface area contributed by atoms with Gasteiger partial charge in [-0.1, -0.05) is 12.1 Å². The zero-order chi connectivity index (χ0) is 18.0. The summed E-state index contributed by atoms with van der Waals surface area (Å²) in [5, 5.41) is 17.1. The Labute approximate surface area is 145 Å². The molecule has 0 fully saturated rings.